The number of likely N-dealkylation sites (tertiary alicyclic amines) is 1. The molecule has 0 amide bonds. The Balaban J connectivity index is 1.77. The van der Waals surface area contributed by atoms with Crippen molar-refractivity contribution in [2.45, 2.75) is 52.9 Å². The van der Waals surface area contributed by atoms with Gasteiger partial charge in [0, 0.05) is 6.54 Å². The second kappa shape index (κ2) is 5.92. The van der Waals surface area contributed by atoms with Gasteiger partial charge in [0.15, 0.2) is 0 Å². The molecule has 18 heavy (non-hydrogen) atoms. The van der Waals surface area contributed by atoms with E-state index in [2.05, 4.69) is 25.7 Å². The summed E-state index contributed by atoms with van der Waals surface area (Å²) in [6, 6.07) is 0. The van der Waals surface area contributed by atoms with Crippen molar-refractivity contribution in [1.29, 1.82) is 0 Å². The lowest BCUT2D eigenvalue weighted by Crippen LogP contribution is -2.41. The van der Waals surface area contributed by atoms with Crippen LogP contribution in [0.3, 0.4) is 0 Å². The molecule has 0 aromatic heterocycles. The Morgan fingerprint density at radius 3 is 2.17 bits per heavy atom. The number of nitrogens with zero attached hydrogens (tertiary/aromatic N) is 1. The van der Waals surface area contributed by atoms with Gasteiger partial charge in [0.1, 0.15) is 0 Å². The Labute approximate surface area is 113 Å². The molecule has 2 heteroatoms. The minimum absolute atomic E-state index is 0.499. The molecule has 2 nitrogen and oxygen atoms in total. The van der Waals surface area contributed by atoms with Crippen molar-refractivity contribution in [2.75, 3.05) is 26.2 Å². The first kappa shape index (κ1) is 14.3. The van der Waals surface area contributed by atoms with E-state index < -0.39 is 0 Å². The summed E-state index contributed by atoms with van der Waals surface area (Å²) in [6.45, 7) is 12.0. The SMILES string of the molecule is CC(C)(C)C1CCN(CC2CCCC2CN)CC1. The number of hydrogen-bond acceptors (Lipinski definition) is 2. The van der Waals surface area contributed by atoms with Crippen molar-refractivity contribution >= 4 is 0 Å². The molecule has 0 radical (unpaired) electrons. The summed E-state index contributed by atoms with van der Waals surface area (Å²) < 4.78 is 0. The van der Waals surface area contributed by atoms with Gasteiger partial charge in [-0.3, -0.25) is 0 Å². The third kappa shape index (κ3) is 3.48. The van der Waals surface area contributed by atoms with Crippen molar-refractivity contribution in [3.05, 3.63) is 0 Å². The first-order valence-electron chi connectivity index (χ1n) is 7.93. The van der Waals surface area contributed by atoms with Gasteiger partial charge in [0.25, 0.3) is 0 Å². The van der Waals surface area contributed by atoms with Gasteiger partial charge in [0.05, 0.1) is 0 Å². The molecular weight excluding hydrogens is 220 g/mol. The molecule has 2 atom stereocenters. The van der Waals surface area contributed by atoms with Crippen molar-refractivity contribution in [3.63, 3.8) is 0 Å². The minimum Gasteiger partial charge on any atom is -0.330 e. The second-order valence-electron chi connectivity index (χ2n) is 7.63. The van der Waals surface area contributed by atoms with Gasteiger partial charge >= 0.3 is 0 Å². The van der Waals surface area contributed by atoms with Crippen molar-refractivity contribution in [1.82, 2.24) is 4.90 Å². The number of rotatable bonds is 3. The summed E-state index contributed by atoms with van der Waals surface area (Å²) >= 11 is 0. The predicted octanol–water partition coefficient (Wildman–Crippen LogP) is 3.12. The third-order valence-corrected chi connectivity index (χ3v) is 5.42. The van der Waals surface area contributed by atoms with Gasteiger partial charge in [-0.25, -0.2) is 0 Å². The fourth-order valence-electron chi connectivity index (χ4n) is 3.98. The smallest absolute Gasteiger partial charge is 0.00128 e. The Kier molecular flexibility index (Phi) is 4.71. The van der Waals surface area contributed by atoms with Crippen molar-refractivity contribution in [3.8, 4) is 0 Å². The maximum atomic E-state index is 5.89. The van der Waals surface area contributed by atoms with E-state index in [-0.39, 0.29) is 0 Å². The van der Waals surface area contributed by atoms with Gasteiger partial charge in [-0.05, 0) is 68.5 Å². The van der Waals surface area contributed by atoms with E-state index in [4.69, 9.17) is 5.73 Å². The quantitative estimate of drug-likeness (QED) is 0.836. The van der Waals surface area contributed by atoms with Gasteiger partial charge in [-0.2, -0.15) is 0 Å². The lowest BCUT2D eigenvalue weighted by Gasteiger charge is -2.40. The zero-order chi connectivity index (χ0) is 13.2. The molecule has 2 aliphatic rings. The highest BCUT2D eigenvalue weighted by atomic mass is 15.1. The van der Waals surface area contributed by atoms with Crippen LogP contribution in [-0.4, -0.2) is 31.1 Å². The summed E-state index contributed by atoms with van der Waals surface area (Å²) in [5, 5.41) is 0. The summed E-state index contributed by atoms with van der Waals surface area (Å²) in [4.78, 5) is 2.71. The maximum absolute atomic E-state index is 5.89. The van der Waals surface area contributed by atoms with Gasteiger partial charge in [-0.15, -0.1) is 0 Å². The van der Waals surface area contributed by atoms with Crippen molar-refractivity contribution < 1.29 is 0 Å². The highest BCUT2D eigenvalue weighted by Crippen LogP contribution is 2.36. The molecule has 1 saturated carbocycles. The van der Waals surface area contributed by atoms with Crippen LogP contribution in [0.1, 0.15) is 52.9 Å². The number of nitrogens with two attached hydrogens (primary N) is 1. The average molecular weight is 252 g/mol. The first-order valence-corrected chi connectivity index (χ1v) is 7.93. The first-order chi connectivity index (χ1) is 8.50. The highest BCUT2D eigenvalue weighted by molar-refractivity contribution is 4.85. The molecule has 0 aromatic carbocycles. The molecule has 0 bridgehead atoms. The lowest BCUT2D eigenvalue weighted by atomic mass is 9.75. The second-order valence-corrected chi connectivity index (χ2v) is 7.63. The van der Waals surface area contributed by atoms with E-state index in [0.29, 0.717) is 5.41 Å². The molecule has 1 heterocycles. The van der Waals surface area contributed by atoms with Crippen LogP contribution in [0, 0.1) is 23.2 Å². The largest absolute Gasteiger partial charge is 0.330 e. The molecule has 106 valence electrons. The van der Waals surface area contributed by atoms with E-state index in [1.165, 1.54) is 51.7 Å². The Hall–Kier alpha value is -0.0800. The van der Waals surface area contributed by atoms with E-state index in [1.54, 1.807) is 0 Å². The van der Waals surface area contributed by atoms with Crippen LogP contribution in [0.15, 0.2) is 0 Å². The van der Waals surface area contributed by atoms with Crippen LogP contribution >= 0.6 is 0 Å². The fourth-order valence-corrected chi connectivity index (χ4v) is 3.98. The topological polar surface area (TPSA) is 29.3 Å². The van der Waals surface area contributed by atoms with Gasteiger partial charge in [0.2, 0.25) is 0 Å². The Morgan fingerprint density at radius 2 is 1.61 bits per heavy atom. The summed E-state index contributed by atoms with van der Waals surface area (Å²) in [6.07, 6.45) is 6.98. The van der Waals surface area contributed by atoms with E-state index in [1.807, 2.05) is 0 Å². The van der Waals surface area contributed by atoms with Crippen molar-refractivity contribution in [2.24, 2.45) is 28.9 Å². The van der Waals surface area contributed by atoms with Crippen LogP contribution in [0.25, 0.3) is 0 Å². The normalized spacial score (nSPS) is 32.0. The van der Waals surface area contributed by atoms with Gasteiger partial charge < -0.3 is 10.6 Å². The molecular formula is C16H32N2. The Bertz CT molecular complexity index is 248. The van der Waals surface area contributed by atoms with Crippen LogP contribution in [0.5, 0.6) is 0 Å². The predicted molar refractivity (Wildman–Crippen MR) is 78.5 cm³/mol. The third-order valence-electron chi connectivity index (χ3n) is 5.42. The van der Waals surface area contributed by atoms with Crippen LogP contribution < -0.4 is 5.73 Å². The minimum atomic E-state index is 0.499. The summed E-state index contributed by atoms with van der Waals surface area (Å²) in [5.74, 6) is 2.62. The van der Waals surface area contributed by atoms with E-state index in [0.717, 1.165) is 24.3 Å². The average Bonchev–Trinajstić information content (AvgIpc) is 2.76. The molecule has 1 saturated heterocycles. The molecule has 2 fully saturated rings. The lowest BCUT2D eigenvalue weighted by molar-refractivity contribution is 0.0957. The molecule has 1 aliphatic carbocycles. The number of hydrogen-bond donors (Lipinski definition) is 1. The Morgan fingerprint density at radius 1 is 1.00 bits per heavy atom. The van der Waals surface area contributed by atoms with Crippen LogP contribution in [0.4, 0.5) is 0 Å². The monoisotopic (exact) mass is 252 g/mol. The maximum Gasteiger partial charge on any atom is 0.00128 e. The highest BCUT2D eigenvalue weighted by Gasteiger charge is 2.32. The molecule has 2 unspecified atom stereocenters. The molecule has 0 spiro atoms. The fraction of sp³-hybridized carbons (Fsp3) is 1.00. The number of piperidine rings is 1. The van der Waals surface area contributed by atoms with E-state index in [9.17, 15) is 0 Å². The molecule has 1 aliphatic heterocycles. The zero-order valence-corrected chi connectivity index (χ0v) is 12.6. The summed E-state index contributed by atoms with van der Waals surface area (Å²) in [7, 11) is 0. The zero-order valence-electron chi connectivity index (χ0n) is 12.6. The van der Waals surface area contributed by atoms with Crippen LogP contribution in [-0.2, 0) is 0 Å². The molecule has 2 rings (SSSR count). The van der Waals surface area contributed by atoms with E-state index >= 15 is 0 Å². The van der Waals surface area contributed by atoms with Crippen LogP contribution in [0.2, 0.25) is 0 Å². The molecule has 0 aromatic rings. The molecule has 2 N–H and O–H groups in total. The standard InChI is InChI=1S/C16H32N2/c1-16(2,3)15-7-9-18(10-8-15)12-14-6-4-5-13(14)11-17/h13-15H,4-12,17H2,1-3H3. The van der Waals surface area contributed by atoms with Gasteiger partial charge in [-0.1, -0.05) is 27.2 Å². The summed E-state index contributed by atoms with van der Waals surface area (Å²) in [5.41, 5.74) is 6.39.